The average molecular weight is 861 g/mol. The second kappa shape index (κ2) is 18.0. The van der Waals surface area contributed by atoms with E-state index in [4.69, 9.17) is 42.5 Å². The Kier molecular flexibility index (Phi) is 13.7. The third kappa shape index (κ3) is 9.77. The summed E-state index contributed by atoms with van der Waals surface area (Å²) in [4.78, 5) is 31.8. The van der Waals surface area contributed by atoms with Gasteiger partial charge in [-0.3, -0.25) is 9.59 Å². The van der Waals surface area contributed by atoms with E-state index in [1.54, 1.807) is 30.1 Å². The molecule has 0 bridgehead atoms. The van der Waals surface area contributed by atoms with Crippen LogP contribution >= 0.6 is 23.2 Å². The number of carbonyl (C=O) groups is 2. The van der Waals surface area contributed by atoms with Crippen molar-refractivity contribution < 1.29 is 55.2 Å². The average Bonchev–Trinajstić information content (AvgIpc) is 3.50. The number of amides is 2. The third-order valence-corrected chi connectivity index (χ3v) is 12.3. The van der Waals surface area contributed by atoms with E-state index in [1.165, 1.54) is 16.0 Å². The molecular formula is C41H45Cl2F6N3O6. The van der Waals surface area contributed by atoms with Crippen LogP contribution in [0, 0.1) is 0 Å². The van der Waals surface area contributed by atoms with Gasteiger partial charge >= 0.3 is 12.4 Å². The van der Waals surface area contributed by atoms with Gasteiger partial charge in [0.1, 0.15) is 12.2 Å². The summed E-state index contributed by atoms with van der Waals surface area (Å²) in [5.41, 5.74) is -2.54. The van der Waals surface area contributed by atoms with Crippen LogP contribution in [0.15, 0.2) is 60.7 Å². The van der Waals surface area contributed by atoms with E-state index in [-0.39, 0.29) is 73.1 Å². The molecule has 3 aromatic rings. The zero-order valence-corrected chi connectivity index (χ0v) is 33.3. The lowest BCUT2D eigenvalue weighted by Gasteiger charge is -2.46. The molecule has 9 nitrogen and oxygen atoms in total. The summed E-state index contributed by atoms with van der Waals surface area (Å²) in [5, 5.41) is 9.41. The lowest BCUT2D eigenvalue weighted by Crippen LogP contribution is -2.54. The van der Waals surface area contributed by atoms with Gasteiger partial charge in [-0.2, -0.15) is 26.3 Å². The number of ether oxygens (including phenoxy) is 3. The molecule has 0 aromatic heterocycles. The Morgan fingerprint density at radius 2 is 1.62 bits per heavy atom. The van der Waals surface area contributed by atoms with E-state index in [9.17, 15) is 35.9 Å². The molecule has 1 N–H and O–H groups in total. The van der Waals surface area contributed by atoms with Crippen LogP contribution < -0.4 is 0 Å². The van der Waals surface area contributed by atoms with Crippen molar-refractivity contribution in [2.24, 2.45) is 0 Å². The number of carbonyl (C=O) groups excluding carboxylic acids is 2. The smallest absolute Gasteiger partial charge is 0.394 e. The van der Waals surface area contributed by atoms with Crippen LogP contribution in [-0.2, 0) is 48.8 Å². The summed E-state index contributed by atoms with van der Waals surface area (Å²) in [5.74, 6) is -1.17. The quantitative estimate of drug-likeness (QED) is 0.143. The molecule has 17 heteroatoms. The molecule has 3 aliphatic rings. The van der Waals surface area contributed by atoms with Gasteiger partial charge in [-0.25, -0.2) is 0 Å². The van der Waals surface area contributed by atoms with E-state index in [2.05, 4.69) is 17.0 Å². The molecule has 2 aliphatic heterocycles. The lowest BCUT2D eigenvalue weighted by atomic mass is 9.72. The fraction of sp³-hybridized carbons (Fsp3) is 0.512. The van der Waals surface area contributed by atoms with Gasteiger partial charge in [-0.05, 0) is 85.8 Å². The normalized spacial score (nSPS) is 21.0. The molecule has 2 amide bonds. The SMILES string of the molecule is CN(CCOCCO)C(=O)CO[C@H]1Cc2ccccc2C12CCN(CC[C@@]1(c3ccc(Cl)c(Cl)c3)CN(C(=O)c3cc(C(F)(F)F)cc(C(F)(F)F)c3)CCO1)CC2. The molecule has 1 spiro atoms. The molecule has 2 fully saturated rings. The van der Waals surface area contributed by atoms with Crippen LogP contribution in [0.25, 0.3) is 0 Å². The van der Waals surface area contributed by atoms with Gasteiger partial charge in [0, 0.05) is 37.7 Å². The first-order valence-electron chi connectivity index (χ1n) is 19.0. The zero-order chi connectivity index (χ0) is 41.9. The Balaban J connectivity index is 1.18. The standard InChI is InChI=1S/C41H45Cl2F6N3O6/c1-50(14-17-56-19-16-53)36(54)25-57-35-22-27-4-2-3-5-32(27)38(35)8-11-51(12-9-38)13-10-39(29-6-7-33(42)34(43)24-29)26-52(15-18-58-39)37(55)28-20-30(40(44,45)46)23-31(21-28)41(47,48)49/h2-7,20-21,23-24,35,53H,8-19,22,25-26H2,1H3/t35-,39-/m0/s1. The number of aliphatic hydroxyl groups is 1. The molecule has 2 atom stereocenters. The monoisotopic (exact) mass is 859 g/mol. The van der Waals surface area contributed by atoms with E-state index >= 15 is 0 Å². The third-order valence-electron chi connectivity index (χ3n) is 11.5. The largest absolute Gasteiger partial charge is 0.416 e. The Labute approximate surface area is 342 Å². The van der Waals surface area contributed by atoms with E-state index in [0.29, 0.717) is 63.3 Å². The number of alkyl halides is 6. The van der Waals surface area contributed by atoms with Crippen molar-refractivity contribution >= 4 is 35.0 Å². The number of benzene rings is 3. The molecule has 1 aliphatic carbocycles. The molecular weight excluding hydrogens is 815 g/mol. The minimum atomic E-state index is -5.12. The number of likely N-dealkylation sites (tertiary alicyclic amines) is 1. The molecule has 316 valence electrons. The summed E-state index contributed by atoms with van der Waals surface area (Å²) in [6.07, 6.45) is -8.08. The molecule has 0 radical (unpaired) electrons. The molecule has 0 unspecified atom stereocenters. The van der Waals surface area contributed by atoms with Crippen LogP contribution in [0.5, 0.6) is 0 Å². The molecule has 6 rings (SSSR count). The number of fused-ring (bicyclic) bond motifs is 2. The van der Waals surface area contributed by atoms with Gasteiger partial charge in [0.15, 0.2) is 0 Å². The first-order chi connectivity index (χ1) is 27.5. The van der Waals surface area contributed by atoms with Crippen LogP contribution in [0.2, 0.25) is 10.0 Å². The lowest BCUT2D eigenvalue weighted by molar-refractivity contribution is -0.143. The van der Waals surface area contributed by atoms with Gasteiger partial charge in [0.05, 0.1) is 60.2 Å². The number of piperidine rings is 1. The van der Waals surface area contributed by atoms with E-state index in [0.717, 1.165) is 12.8 Å². The molecule has 58 heavy (non-hydrogen) atoms. The second-order valence-corrected chi connectivity index (χ2v) is 15.9. The number of morpholine rings is 1. The van der Waals surface area contributed by atoms with Gasteiger partial charge < -0.3 is 34.0 Å². The maximum absolute atomic E-state index is 13.8. The molecule has 2 heterocycles. The van der Waals surface area contributed by atoms with E-state index in [1.807, 2.05) is 12.1 Å². The van der Waals surface area contributed by atoms with Crippen molar-refractivity contribution in [3.8, 4) is 0 Å². The van der Waals surface area contributed by atoms with Gasteiger partial charge in [0.2, 0.25) is 5.91 Å². The molecule has 3 aromatic carbocycles. The number of likely N-dealkylation sites (N-methyl/N-ethyl adjacent to an activating group) is 1. The fourth-order valence-electron chi connectivity index (χ4n) is 8.32. The van der Waals surface area contributed by atoms with Crippen molar-refractivity contribution in [2.75, 3.05) is 79.4 Å². The van der Waals surface area contributed by atoms with Crippen LogP contribution in [-0.4, -0.2) is 117 Å². The summed E-state index contributed by atoms with van der Waals surface area (Å²) in [6.45, 7) is 2.13. The molecule has 2 saturated heterocycles. The second-order valence-electron chi connectivity index (χ2n) is 15.1. The van der Waals surface area contributed by atoms with E-state index < -0.39 is 40.6 Å². The maximum Gasteiger partial charge on any atom is 0.416 e. The number of hydrogen-bond donors (Lipinski definition) is 1. The summed E-state index contributed by atoms with van der Waals surface area (Å²) in [6, 6.07) is 13.9. The summed E-state index contributed by atoms with van der Waals surface area (Å²) >= 11 is 12.7. The Bertz CT molecular complexity index is 1910. The summed E-state index contributed by atoms with van der Waals surface area (Å²) in [7, 11) is 1.68. The van der Waals surface area contributed by atoms with Crippen molar-refractivity contribution in [1.82, 2.24) is 14.7 Å². The van der Waals surface area contributed by atoms with Crippen molar-refractivity contribution in [2.45, 2.75) is 55.2 Å². The molecule has 0 saturated carbocycles. The maximum atomic E-state index is 13.8. The number of halogens is 8. The van der Waals surface area contributed by atoms with Crippen molar-refractivity contribution in [3.63, 3.8) is 0 Å². The highest BCUT2D eigenvalue weighted by atomic mass is 35.5. The Morgan fingerprint density at radius 3 is 2.28 bits per heavy atom. The van der Waals surface area contributed by atoms with Crippen LogP contribution in [0.3, 0.4) is 0 Å². The first kappa shape index (κ1) is 44.1. The minimum absolute atomic E-state index is 0.00463. The number of aliphatic hydroxyl groups excluding tert-OH is 1. The first-order valence-corrected chi connectivity index (χ1v) is 19.7. The number of hydrogen-bond acceptors (Lipinski definition) is 7. The van der Waals surface area contributed by atoms with Crippen LogP contribution in [0.4, 0.5) is 26.3 Å². The number of rotatable bonds is 13. The predicted octanol–water partition coefficient (Wildman–Crippen LogP) is 7.23. The van der Waals surface area contributed by atoms with Crippen molar-refractivity contribution in [3.05, 3.63) is 104 Å². The topological polar surface area (TPSA) is 91.8 Å². The fourth-order valence-corrected chi connectivity index (χ4v) is 8.62. The van der Waals surface area contributed by atoms with Crippen molar-refractivity contribution in [1.29, 1.82) is 0 Å². The highest BCUT2D eigenvalue weighted by Gasteiger charge is 2.50. The van der Waals surface area contributed by atoms with Gasteiger partial charge in [-0.1, -0.05) is 53.5 Å². The van der Waals surface area contributed by atoms with Gasteiger partial charge in [-0.15, -0.1) is 0 Å². The zero-order valence-electron chi connectivity index (χ0n) is 31.8. The number of nitrogens with zero attached hydrogens (tertiary/aromatic N) is 3. The Morgan fingerprint density at radius 1 is 0.931 bits per heavy atom. The Hall–Kier alpha value is -3.44. The highest BCUT2D eigenvalue weighted by molar-refractivity contribution is 6.42. The summed E-state index contributed by atoms with van der Waals surface area (Å²) < 4.78 is 100. The van der Waals surface area contributed by atoms with Crippen LogP contribution in [0.1, 0.15) is 57.4 Å². The highest BCUT2D eigenvalue weighted by Crippen LogP contribution is 2.48. The van der Waals surface area contributed by atoms with Gasteiger partial charge in [0.25, 0.3) is 5.91 Å². The predicted molar refractivity (Wildman–Crippen MR) is 204 cm³/mol. The minimum Gasteiger partial charge on any atom is -0.394 e.